The minimum absolute atomic E-state index is 0.0195. The van der Waals surface area contributed by atoms with E-state index in [-0.39, 0.29) is 17.6 Å². The fourth-order valence-corrected chi connectivity index (χ4v) is 2.53. The zero-order valence-electron chi connectivity index (χ0n) is 12.2. The van der Waals surface area contributed by atoms with Crippen LogP contribution >= 0.6 is 11.6 Å². The zero-order chi connectivity index (χ0) is 14.5. The van der Waals surface area contributed by atoms with Crippen LogP contribution in [0, 0.1) is 5.41 Å². The lowest BCUT2D eigenvalue weighted by atomic mass is 9.82. The van der Waals surface area contributed by atoms with E-state index >= 15 is 0 Å². The second-order valence-electron chi connectivity index (χ2n) is 5.85. The second kappa shape index (κ2) is 7.25. The number of hydrogen-bond donors (Lipinski definition) is 2. The minimum Gasteiger partial charge on any atom is -0.376 e. The summed E-state index contributed by atoms with van der Waals surface area (Å²) in [5, 5.41) is 0.747. The molecule has 1 aromatic rings. The van der Waals surface area contributed by atoms with Crippen molar-refractivity contribution in [3.05, 3.63) is 34.9 Å². The lowest BCUT2D eigenvalue weighted by Gasteiger charge is -2.36. The van der Waals surface area contributed by atoms with Crippen molar-refractivity contribution in [3.8, 4) is 0 Å². The maximum Gasteiger partial charge on any atom is 0.0792 e. The van der Waals surface area contributed by atoms with Gasteiger partial charge in [-0.15, -0.1) is 0 Å². The Kier molecular flexibility index (Phi) is 6.27. The first-order chi connectivity index (χ1) is 8.88. The lowest BCUT2D eigenvalue weighted by Crippen LogP contribution is -2.52. The van der Waals surface area contributed by atoms with Crippen molar-refractivity contribution in [2.45, 2.75) is 46.3 Å². The Hall–Kier alpha value is -0.610. The third kappa shape index (κ3) is 5.11. The molecule has 4 heteroatoms. The first kappa shape index (κ1) is 16.4. The highest BCUT2D eigenvalue weighted by atomic mass is 35.5. The van der Waals surface area contributed by atoms with Crippen LogP contribution in [-0.2, 0) is 11.2 Å². The normalized spacial score (nSPS) is 15.3. The second-order valence-corrected chi connectivity index (χ2v) is 6.29. The molecule has 3 N–H and O–H groups in total. The van der Waals surface area contributed by atoms with Gasteiger partial charge >= 0.3 is 0 Å². The maximum absolute atomic E-state index is 6.02. The summed E-state index contributed by atoms with van der Waals surface area (Å²) in [6, 6.07) is 7.91. The van der Waals surface area contributed by atoms with Crippen LogP contribution in [0.15, 0.2) is 24.3 Å². The molecule has 0 aliphatic rings. The summed E-state index contributed by atoms with van der Waals surface area (Å²) >= 11 is 6.02. The van der Waals surface area contributed by atoms with Crippen molar-refractivity contribution in [1.82, 2.24) is 5.43 Å². The van der Waals surface area contributed by atoms with Gasteiger partial charge in [0, 0.05) is 11.6 Å². The van der Waals surface area contributed by atoms with Crippen LogP contribution in [0.3, 0.4) is 0 Å². The molecule has 0 aliphatic heterocycles. The summed E-state index contributed by atoms with van der Waals surface area (Å²) in [5.74, 6) is 5.72. The molecule has 0 aliphatic carbocycles. The molecule has 108 valence electrons. The number of halogens is 1. The molecule has 2 atom stereocenters. The number of nitrogens with one attached hydrogen (secondary N) is 1. The average molecular weight is 285 g/mol. The number of hydrazine groups is 1. The number of hydrogen-bond acceptors (Lipinski definition) is 3. The Morgan fingerprint density at radius 1 is 1.37 bits per heavy atom. The molecule has 2 unspecified atom stereocenters. The molecule has 0 saturated heterocycles. The lowest BCUT2D eigenvalue weighted by molar-refractivity contribution is -0.0356. The van der Waals surface area contributed by atoms with E-state index in [4.69, 9.17) is 22.2 Å². The Labute approximate surface area is 121 Å². The number of rotatable bonds is 6. The summed E-state index contributed by atoms with van der Waals surface area (Å²) in [6.45, 7) is 9.17. The van der Waals surface area contributed by atoms with E-state index in [0.29, 0.717) is 6.61 Å². The van der Waals surface area contributed by atoms with Crippen LogP contribution in [0.2, 0.25) is 5.02 Å². The van der Waals surface area contributed by atoms with Gasteiger partial charge in [0.25, 0.3) is 0 Å². The monoisotopic (exact) mass is 284 g/mol. The van der Waals surface area contributed by atoms with Crippen LogP contribution in [-0.4, -0.2) is 18.8 Å². The van der Waals surface area contributed by atoms with Gasteiger partial charge in [-0.1, -0.05) is 44.5 Å². The van der Waals surface area contributed by atoms with Crippen molar-refractivity contribution < 1.29 is 4.74 Å². The van der Waals surface area contributed by atoms with E-state index in [1.54, 1.807) is 0 Å². The van der Waals surface area contributed by atoms with Gasteiger partial charge < -0.3 is 4.74 Å². The van der Waals surface area contributed by atoms with Crippen LogP contribution in [0.4, 0.5) is 0 Å². The fourth-order valence-electron chi connectivity index (χ4n) is 2.32. The fraction of sp³-hybridized carbons (Fsp3) is 0.600. The zero-order valence-corrected chi connectivity index (χ0v) is 13.0. The topological polar surface area (TPSA) is 47.3 Å². The molecule has 0 fully saturated rings. The highest BCUT2D eigenvalue weighted by molar-refractivity contribution is 6.30. The van der Waals surface area contributed by atoms with E-state index in [0.717, 1.165) is 17.0 Å². The van der Waals surface area contributed by atoms with Crippen LogP contribution in [0.25, 0.3) is 0 Å². The van der Waals surface area contributed by atoms with Gasteiger partial charge in [0.1, 0.15) is 0 Å². The van der Waals surface area contributed by atoms with Crippen molar-refractivity contribution >= 4 is 11.6 Å². The predicted octanol–water partition coefficient (Wildman–Crippen LogP) is 3.17. The molecule has 0 heterocycles. The summed E-state index contributed by atoms with van der Waals surface area (Å²) in [7, 11) is 0. The van der Waals surface area contributed by atoms with Crippen molar-refractivity contribution in [2.24, 2.45) is 11.3 Å². The molecule has 0 radical (unpaired) electrons. The van der Waals surface area contributed by atoms with Crippen LogP contribution in [0.5, 0.6) is 0 Å². The average Bonchev–Trinajstić information content (AvgIpc) is 2.32. The largest absolute Gasteiger partial charge is 0.376 e. The Morgan fingerprint density at radius 2 is 2.05 bits per heavy atom. The molecule has 19 heavy (non-hydrogen) atoms. The highest BCUT2D eigenvalue weighted by Gasteiger charge is 2.32. The Bertz CT molecular complexity index is 390. The summed E-state index contributed by atoms with van der Waals surface area (Å²) in [4.78, 5) is 0. The van der Waals surface area contributed by atoms with Crippen molar-refractivity contribution in [2.75, 3.05) is 6.61 Å². The quantitative estimate of drug-likeness (QED) is 0.623. The standard InChI is InChI=1S/C15H25ClN2O/c1-5-19-14(15(2,3)4)13(18-17)10-11-7-6-8-12(16)9-11/h6-9,13-14,18H,5,10,17H2,1-4H3. The van der Waals surface area contributed by atoms with Gasteiger partial charge in [-0.3, -0.25) is 11.3 Å². The van der Waals surface area contributed by atoms with Gasteiger partial charge in [-0.05, 0) is 36.5 Å². The molecule has 0 saturated carbocycles. The SMILES string of the molecule is CCOC(C(Cc1cccc(Cl)c1)NN)C(C)(C)C. The third-order valence-electron chi connectivity index (χ3n) is 3.12. The van der Waals surface area contributed by atoms with Crippen LogP contribution in [0.1, 0.15) is 33.3 Å². The van der Waals surface area contributed by atoms with E-state index in [9.17, 15) is 0 Å². The number of nitrogens with two attached hydrogens (primary N) is 1. The van der Waals surface area contributed by atoms with E-state index in [1.807, 2.05) is 25.1 Å². The number of ether oxygens (including phenoxy) is 1. The predicted molar refractivity (Wildman–Crippen MR) is 81.1 cm³/mol. The minimum atomic E-state index is 0.0195. The molecular formula is C15H25ClN2O. The van der Waals surface area contributed by atoms with Gasteiger partial charge in [0.15, 0.2) is 0 Å². The Morgan fingerprint density at radius 3 is 2.53 bits per heavy atom. The third-order valence-corrected chi connectivity index (χ3v) is 3.36. The molecular weight excluding hydrogens is 260 g/mol. The molecule has 0 aromatic heterocycles. The number of benzene rings is 1. The first-order valence-corrected chi connectivity index (χ1v) is 7.08. The van der Waals surface area contributed by atoms with E-state index in [2.05, 4.69) is 32.3 Å². The summed E-state index contributed by atoms with van der Waals surface area (Å²) in [5.41, 5.74) is 4.07. The maximum atomic E-state index is 6.02. The smallest absolute Gasteiger partial charge is 0.0792 e. The van der Waals surface area contributed by atoms with Crippen molar-refractivity contribution in [3.63, 3.8) is 0 Å². The van der Waals surface area contributed by atoms with Gasteiger partial charge in [-0.25, -0.2) is 0 Å². The molecule has 0 spiro atoms. The van der Waals surface area contributed by atoms with E-state index in [1.165, 1.54) is 0 Å². The molecule has 1 rings (SSSR count). The molecule has 0 bridgehead atoms. The highest BCUT2D eigenvalue weighted by Crippen LogP contribution is 2.26. The van der Waals surface area contributed by atoms with E-state index < -0.39 is 0 Å². The van der Waals surface area contributed by atoms with Gasteiger partial charge in [0.05, 0.1) is 12.1 Å². The first-order valence-electron chi connectivity index (χ1n) is 6.70. The van der Waals surface area contributed by atoms with Crippen molar-refractivity contribution in [1.29, 1.82) is 0 Å². The molecule has 1 aromatic carbocycles. The Balaban J connectivity index is 2.86. The molecule has 0 amide bonds. The van der Waals surface area contributed by atoms with Gasteiger partial charge in [0.2, 0.25) is 0 Å². The van der Waals surface area contributed by atoms with Crippen LogP contribution < -0.4 is 11.3 Å². The molecule has 3 nitrogen and oxygen atoms in total. The van der Waals surface area contributed by atoms with Gasteiger partial charge in [-0.2, -0.15) is 0 Å². The summed E-state index contributed by atoms with van der Waals surface area (Å²) < 4.78 is 5.89. The summed E-state index contributed by atoms with van der Waals surface area (Å²) in [6.07, 6.45) is 0.834.